The standard InChI is InChI=1S/C55H61F9N8O8/c1-52(2,54(59,60)61)40(23-47(74)78-5)49(75)69-71(27-39-41(57)20-34(21-42(39)58)43-22-35(56)17-18-65-43)28-45(73)44(67-50(76)48(68-51(77)79-6)53(3,4)55(62,63)64)19-32-10-7-31(8-11-32)9-12-33-13-16-46(66-24-33)70-25-36-14-15-37(26-70)72(36)38-29-80-30-38/h7-8,10-11,13,16-18,20-22,24,36-38,40,44-45,48,73H,14-15,19,23,25-30H2,1-6H3,(H,67,76)(H,68,77)(H,69,75)/t36?,37?,40-,44+,45+,48-/m1/s1. The minimum atomic E-state index is -5.15. The first-order valence-electron chi connectivity index (χ1n) is 25.5. The van der Waals surface area contributed by atoms with Crippen molar-refractivity contribution in [1.29, 1.82) is 0 Å². The number of anilines is 1. The number of hydrazine groups is 1. The Hall–Kier alpha value is -7.01. The highest BCUT2D eigenvalue weighted by Crippen LogP contribution is 2.46. The van der Waals surface area contributed by atoms with Crippen LogP contribution in [0.5, 0.6) is 0 Å². The fourth-order valence-corrected chi connectivity index (χ4v) is 9.86. The van der Waals surface area contributed by atoms with Crippen LogP contribution in [0.15, 0.2) is 73.1 Å². The Bertz CT molecular complexity index is 2900. The van der Waals surface area contributed by atoms with E-state index in [0.717, 1.165) is 89.6 Å². The number of aliphatic hydroxyl groups excluding tert-OH is 1. The molecule has 16 nitrogen and oxygen atoms in total. The van der Waals surface area contributed by atoms with Gasteiger partial charge in [-0.1, -0.05) is 37.8 Å². The van der Waals surface area contributed by atoms with Gasteiger partial charge in [-0.3, -0.25) is 29.7 Å². The van der Waals surface area contributed by atoms with E-state index in [1.165, 1.54) is 12.1 Å². The van der Waals surface area contributed by atoms with Crippen LogP contribution in [0.25, 0.3) is 11.3 Å². The van der Waals surface area contributed by atoms with Gasteiger partial charge in [0.25, 0.3) is 0 Å². The van der Waals surface area contributed by atoms with E-state index in [4.69, 9.17) is 4.74 Å². The Morgan fingerprint density at radius 2 is 1.40 bits per heavy atom. The number of piperazine rings is 1. The molecule has 4 aromatic rings. The first-order chi connectivity index (χ1) is 37.6. The van der Waals surface area contributed by atoms with Crippen molar-refractivity contribution in [3.8, 4) is 23.1 Å². The monoisotopic (exact) mass is 1130 g/mol. The van der Waals surface area contributed by atoms with Gasteiger partial charge < -0.3 is 34.9 Å². The van der Waals surface area contributed by atoms with Crippen LogP contribution in [0, 0.1) is 46.0 Å². The summed E-state index contributed by atoms with van der Waals surface area (Å²) < 4.78 is 148. The predicted octanol–water partition coefficient (Wildman–Crippen LogP) is 7.02. The fourth-order valence-electron chi connectivity index (χ4n) is 9.86. The quantitative estimate of drug-likeness (QED) is 0.0325. The number of methoxy groups -OCH3 is 2. The van der Waals surface area contributed by atoms with Gasteiger partial charge in [-0.15, -0.1) is 0 Å². The van der Waals surface area contributed by atoms with Crippen molar-refractivity contribution in [3.05, 3.63) is 113 Å². The highest BCUT2D eigenvalue weighted by molar-refractivity contribution is 5.87. The number of aromatic nitrogens is 2. The molecule has 3 aliphatic heterocycles. The van der Waals surface area contributed by atoms with E-state index in [1.807, 2.05) is 17.4 Å². The fraction of sp³-hybridized carbons (Fsp3) is 0.491. The molecule has 5 heterocycles. The summed E-state index contributed by atoms with van der Waals surface area (Å²) in [6.45, 7) is 3.54. The van der Waals surface area contributed by atoms with Crippen molar-refractivity contribution in [2.24, 2.45) is 16.7 Å². The lowest BCUT2D eigenvalue weighted by Crippen LogP contribution is -2.62. The van der Waals surface area contributed by atoms with Crippen LogP contribution in [0.1, 0.15) is 69.2 Å². The molecule has 0 saturated carbocycles. The molecule has 432 valence electrons. The van der Waals surface area contributed by atoms with Gasteiger partial charge in [0.2, 0.25) is 11.8 Å². The molecule has 2 aromatic carbocycles. The molecule has 3 amide bonds. The van der Waals surface area contributed by atoms with Crippen molar-refractivity contribution in [3.63, 3.8) is 0 Å². The summed E-state index contributed by atoms with van der Waals surface area (Å²) in [5.74, 6) is -3.18. The van der Waals surface area contributed by atoms with E-state index < -0.39 is 120 Å². The molecule has 6 atom stereocenters. The third-order valence-corrected chi connectivity index (χ3v) is 15.1. The lowest BCUT2D eigenvalue weighted by atomic mass is 9.75. The zero-order chi connectivity index (χ0) is 58.5. The number of benzene rings is 2. The number of hydrogen-bond donors (Lipinski definition) is 4. The molecule has 0 aliphatic carbocycles. The Morgan fingerprint density at radius 1 is 0.787 bits per heavy atom. The summed E-state index contributed by atoms with van der Waals surface area (Å²) in [5.41, 5.74) is -3.81. The maximum absolute atomic E-state index is 16.1. The van der Waals surface area contributed by atoms with Crippen molar-refractivity contribution in [2.75, 3.05) is 52.0 Å². The van der Waals surface area contributed by atoms with Crippen LogP contribution >= 0.6 is 0 Å². The SMILES string of the molecule is COC(=O)C[C@H](C(=O)NN(Cc1c(F)cc(-c2cc(F)ccn2)cc1F)C[C@H](O)[C@H](Cc1ccc(C#Cc2ccc(N3CC4CCC(C3)N4C3COC3)nc2)cc1)NC(=O)[C@@H](NC(=O)OC)C(C)(C)C(F)(F)F)C(C)(C)C(F)(F)F. The average Bonchev–Trinajstić information content (AvgIpc) is 3.67. The number of aliphatic hydroxyl groups is 1. The molecule has 4 N–H and O–H groups in total. The van der Waals surface area contributed by atoms with Gasteiger partial charge >= 0.3 is 24.4 Å². The summed E-state index contributed by atoms with van der Waals surface area (Å²) in [7, 11) is 1.70. The molecule has 7 rings (SSSR count). The molecular weight excluding hydrogens is 1070 g/mol. The zero-order valence-electron chi connectivity index (χ0n) is 44.5. The molecule has 3 fully saturated rings. The maximum Gasteiger partial charge on any atom is 0.407 e. The third kappa shape index (κ3) is 14.1. The van der Waals surface area contributed by atoms with Crippen LogP contribution < -0.4 is 21.0 Å². The largest absolute Gasteiger partial charge is 0.469 e. The first kappa shape index (κ1) is 60.6. The van der Waals surface area contributed by atoms with E-state index in [-0.39, 0.29) is 11.3 Å². The number of pyridine rings is 2. The van der Waals surface area contributed by atoms with Gasteiger partial charge in [-0.25, -0.2) is 28.0 Å². The molecule has 0 spiro atoms. The predicted molar refractivity (Wildman–Crippen MR) is 271 cm³/mol. The minimum absolute atomic E-state index is 0.198. The molecular formula is C55H61F9N8O8. The number of alkyl halides is 6. The number of carbonyl (C=O) groups excluding carboxylic acids is 4. The van der Waals surface area contributed by atoms with E-state index in [9.17, 15) is 55.0 Å². The molecule has 3 saturated heterocycles. The Kier molecular flexibility index (Phi) is 18.8. The van der Waals surface area contributed by atoms with Crippen LogP contribution in [-0.2, 0) is 41.6 Å². The molecule has 3 aliphatic rings. The molecule has 80 heavy (non-hydrogen) atoms. The number of ether oxygens (including phenoxy) is 3. The number of hydrogen-bond acceptors (Lipinski definition) is 13. The molecule has 0 radical (unpaired) electrons. The number of alkyl carbamates (subject to hydrolysis) is 1. The summed E-state index contributed by atoms with van der Waals surface area (Å²) in [5, 5.41) is 16.9. The lowest BCUT2D eigenvalue weighted by molar-refractivity contribution is -0.231. The van der Waals surface area contributed by atoms with E-state index in [2.05, 4.69) is 51.8 Å². The zero-order valence-corrected chi connectivity index (χ0v) is 44.5. The van der Waals surface area contributed by atoms with Crippen molar-refractivity contribution in [2.45, 2.75) is 109 Å². The van der Waals surface area contributed by atoms with Crippen molar-refractivity contribution < 1.29 is 78.0 Å². The maximum atomic E-state index is 16.1. The Morgan fingerprint density at radius 3 is 1.94 bits per heavy atom. The van der Waals surface area contributed by atoms with Gasteiger partial charge in [0.05, 0.1) is 74.5 Å². The van der Waals surface area contributed by atoms with Gasteiger partial charge in [-0.2, -0.15) is 26.3 Å². The van der Waals surface area contributed by atoms with E-state index >= 15 is 8.78 Å². The van der Waals surface area contributed by atoms with Crippen LogP contribution in [0.4, 0.5) is 50.1 Å². The number of carbonyl (C=O) groups is 4. The second-order valence-corrected chi connectivity index (χ2v) is 21.1. The number of amides is 3. The summed E-state index contributed by atoms with van der Waals surface area (Å²) in [6.07, 6.45) is -10.5. The van der Waals surface area contributed by atoms with Crippen molar-refractivity contribution >= 4 is 29.7 Å². The van der Waals surface area contributed by atoms with Gasteiger partial charge in [-0.05, 0) is 81.1 Å². The highest BCUT2D eigenvalue weighted by Gasteiger charge is 2.57. The number of esters is 1. The highest BCUT2D eigenvalue weighted by atomic mass is 19.4. The van der Waals surface area contributed by atoms with Gasteiger partial charge in [0, 0.05) is 79.0 Å². The Labute approximate surface area is 455 Å². The van der Waals surface area contributed by atoms with Crippen LogP contribution in [0.2, 0.25) is 0 Å². The number of rotatable bonds is 19. The first-order valence-corrected chi connectivity index (χ1v) is 25.5. The summed E-state index contributed by atoms with van der Waals surface area (Å²) in [4.78, 5) is 66.5. The second kappa shape index (κ2) is 24.8. The van der Waals surface area contributed by atoms with E-state index in [1.54, 1.807) is 18.3 Å². The third-order valence-electron chi connectivity index (χ3n) is 15.1. The molecule has 2 bridgehead atoms. The molecule has 2 unspecified atom stereocenters. The number of nitrogens with one attached hydrogen (secondary N) is 3. The van der Waals surface area contributed by atoms with Gasteiger partial charge in [0.1, 0.15) is 29.3 Å². The topological polar surface area (TPSA) is 188 Å². The van der Waals surface area contributed by atoms with Crippen LogP contribution in [-0.4, -0.2) is 145 Å². The van der Waals surface area contributed by atoms with E-state index in [0.29, 0.717) is 67.5 Å². The second-order valence-electron chi connectivity index (χ2n) is 21.1. The van der Waals surface area contributed by atoms with Crippen LogP contribution in [0.3, 0.4) is 0 Å². The number of nitrogens with zero attached hydrogens (tertiary/aromatic N) is 5. The number of fused-ring (bicyclic) bond motifs is 2. The Balaban J connectivity index is 1.18. The average molecular weight is 1130 g/mol. The summed E-state index contributed by atoms with van der Waals surface area (Å²) in [6, 6.07) is 10.4. The lowest BCUT2D eigenvalue weighted by Gasteiger charge is -2.47. The normalized spacial score (nSPS) is 18.5. The molecule has 2 aromatic heterocycles. The number of halogens is 9. The minimum Gasteiger partial charge on any atom is -0.469 e. The van der Waals surface area contributed by atoms with Gasteiger partial charge in [0.15, 0.2) is 0 Å². The van der Waals surface area contributed by atoms with Crippen molar-refractivity contribution in [1.82, 2.24) is 35.9 Å². The summed E-state index contributed by atoms with van der Waals surface area (Å²) >= 11 is 0. The smallest absolute Gasteiger partial charge is 0.407 e. The molecule has 25 heteroatoms.